The molecular formula is C22H30N6O. The maximum atomic E-state index is 13.1. The molecule has 1 aliphatic rings. The number of hydrogen-bond donors (Lipinski definition) is 1. The lowest BCUT2D eigenvalue weighted by Gasteiger charge is -2.29. The minimum Gasteiger partial charge on any atom is -0.322 e. The fourth-order valence-electron chi connectivity index (χ4n) is 4.57. The Morgan fingerprint density at radius 1 is 1.17 bits per heavy atom. The van der Waals surface area contributed by atoms with Crippen LogP contribution < -0.4 is 5.56 Å². The number of H-pyrrole nitrogens is 1. The topological polar surface area (TPSA) is 79.7 Å². The molecule has 4 rings (SSSR count). The molecule has 1 N–H and O–H groups in total. The summed E-state index contributed by atoms with van der Waals surface area (Å²) in [6.07, 6.45) is 5.56. The molecule has 7 nitrogen and oxygen atoms in total. The summed E-state index contributed by atoms with van der Waals surface area (Å²) in [6, 6.07) is 8.32. The van der Waals surface area contributed by atoms with Crippen molar-refractivity contribution in [1.29, 1.82) is 0 Å². The maximum Gasteiger partial charge on any atom is 0.253 e. The Bertz CT molecular complexity index is 1030. The van der Waals surface area contributed by atoms with E-state index in [0.717, 1.165) is 49.1 Å². The van der Waals surface area contributed by atoms with E-state index in [2.05, 4.69) is 58.3 Å². The molecule has 0 amide bonds. The zero-order valence-corrected chi connectivity index (χ0v) is 17.6. The van der Waals surface area contributed by atoms with E-state index in [1.54, 1.807) is 0 Å². The summed E-state index contributed by atoms with van der Waals surface area (Å²) < 4.78 is 1.97. The van der Waals surface area contributed by atoms with Gasteiger partial charge in [0.1, 0.15) is 6.04 Å². The van der Waals surface area contributed by atoms with E-state index < -0.39 is 0 Å². The Morgan fingerprint density at radius 2 is 1.93 bits per heavy atom. The molecule has 0 unspecified atom stereocenters. The lowest BCUT2D eigenvalue weighted by atomic mass is 10.0. The van der Waals surface area contributed by atoms with Gasteiger partial charge in [0.25, 0.3) is 5.56 Å². The predicted octanol–water partition coefficient (Wildman–Crippen LogP) is 3.62. The van der Waals surface area contributed by atoms with Gasteiger partial charge in [-0.2, -0.15) is 0 Å². The molecular weight excluding hydrogens is 364 g/mol. The number of nitrogens with one attached hydrogen (secondary N) is 1. The Labute approximate surface area is 171 Å². The summed E-state index contributed by atoms with van der Waals surface area (Å²) in [6.45, 7) is 7.99. The first-order chi connectivity index (χ1) is 14.2. The average Bonchev–Trinajstić information content (AvgIpc) is 3.43. The monoisotopic (exact) mass is 394 g/mol. The number of hydrogen-bond acceptors (Lipinski definition) is 5. The first-order valence-electron chi connectivity index (χ1n) is 10.8. The van der Waals surface area contributed by atoms with Crippen molar-refractivity contribution in [3.05, 3.63) is 51.6 Å². The first-order valence-corrected chi connectivity index (χ1v) is 10.8. The van der Waals surface area contributed by atoms with E-state index >= 15 is 0 Å². The van der Waals surface area contributed by atoms with Crippen molar-refractivity contribution in [3.63, 3.8) is 0 Å². The summed E-state index contributed by atoms with van der Waals surface area (Å²) in [4.78, 5) is 18.5. The van der Waals surface area contributed by atoms with Gasteiger partial charge in [0.2, 0.25) is 0 Å². The van der Waals surface area contributed by atoms with Crippen LogP contribution in [0.3, 0.4) is 0 Å². The molecule has 0 bridgehead atoms. The van der Waals surface area contributed by atoms with Crippen LogP contribution in [-0.4, -0.2) is 43.2 Å². The quantitative estimate of drug-likeness (QED) is 0.662. The second-order valence-electron chi connectivity index (χ2n) is 7.87. The Balaban J connectivity index is 1.88. The van der Waals surface area contributed by atoms with Crippen LogP contribution in [0.4, 0.5) is 0 Å². The molecule has 29 heavy (non-hydrogen) atoms. The van der Waals surface area contributed by atoms with Crippen molar-refractivity contribution < 1.29 is 0 Å². The van der Waals surface area contributed by atoms with Crippen molar-refractivity contribution >= 4 is 10.9 Å². The Hall–Kier alpha value is -2.54. The molecule has 0 radical (unpaired) electrons. The fourth-order valence-corrected chi connectivity index (χ4v) is 4.57. The zero-order chi connectivity index (χ0) is 20.4. The van der Waals surface area contributed by atoms with Crippen LogP contribution in [0.15, 0.2) is 29.1 Å². The smallest absolute Gasteiger partial charge is 0.253 e. The summed E-state index contributed by atoms with van der Waals surface area (Å²) in [5.41, 5.74) is 2.76. The van der Waals surface area contributed by atoms with Gasteiger partial charge in [0.05, 0.1) is 6.04 Å². The summed E-state index contributed by atoms with van der Waals surface area (Å²) in [5, 5.41) is 13.8. The van der Waals surface area contributed by atoms with Gasteiger partial charge in [-0.05, 0) is 71.9 Å². The molecule has 1 atom stereocenters. The second kappa shape index (κ2) is 8.45. The van der Waals surface area contributed by atoms with Crippen LogP contribution in [0.25, 0.3) is 10.9 Å². The number of benzene rings is 1. The zero-order valence-electron chi connectivity index (χ0n) is 17.6. The number of aryl methyl sites for hydroxylation is 1. The summed E-state index contributed by atoms with van der Waals surface area (Å²) >= 11 is 0. The van der Waals surface area contributed by atoms with Crippen molar-refractivity contribution in [3.8, 4) is 0 Å². The maximum absolute atomic E-state index is 13.1. The van der Waals surface area contributed by atoms with Crippen molar-refractivity contribution in [1.82, 2.24) is 30.1 Å². The molecule has 2 aromatic heterocycles. The number of nitrogens with zero attached hydrogens (tertiary/aromatic N) is 5. The highest BCUT2D eigenvalue weighted by Gasteiger charge is 2.31. The average molecular weight is 395 g/mol. The third kappa shape index (κ3) is 3.71. The predicted molar refractivity (Wildman–Crippen MR) is 114 cm³/mol. The normalized spacial score (nSPS) is 16.1. The first kappa shape index (κ1) is 19.8. The summed E-state index contributed by atoms with van der Waals surface area (Å²) in [5.74, 6) is 0.775. The lowest BCUT2D eigenvalue weighted by Crippen LogP contribution is -2.35. The Morgan fingerprint density at radius 3 is 2.62 bits per heavy atom. The SMILES string of the molecule is CCc1ccc2[nH]c(=O)c([C@@H](c3nnnn3C3CCCC3)N(CC)CC)cc2c1. The van der Waals surface area contributed by atoms with Crippen LogP contribution in [-0.2, 0) is 6.42 Å². The number of aromatic amines is 1. The number of fused-ring (bicyclic) bond motifs is 1. The van der Waals surface area contributed by atoms with E-state index in [9.17, 15) is 4.79 Å². The minimum atomic E-state index is -0.265. The van der Waals surface area contributed by atoms with E-state index in [0.29, 0.717) is 11.6 Å². The van der Waals surface area contributed by atoms with E-state index in [4.69, 9.17) is 0 Å². The third-order valence-electron chi connectivity index (χ3n) is 6.25. The van der Waals surface area contributed by atoms with E-state index in [1.807, 2.05) is 16.8 Å². The Kier molecular flexibility index (Phi) is 5.76. The molecule has 1 aromatic carbocycles. The fraction of sp³-hybridized carbons (Fsp3) is 0.545. The van der Waals surface area contributed by atoms with Crippen LogP contribution in [0.5, 0.6) is 0 Å². The van der Waals surface area contributed by atoms with Crippen LogP contribution >= 0.6 is 0 Å². The molecule has 1 aliphatic carbocycles. The highest BCUT2D eigenvalue weighted by molar-refractivity contribution is 5.80. The van der Waals surface area contributed by atoms with E-state index in [-0.39, 0.29) is 11.6 Å². The standard InChI is InChI=1S/C22H30N6O/c1-4-15-11-12-19-16(13-15)14-18(22(29)23-19)20(27(5-2)6-3)21-24-25-26-28(21)17-9-7-8-10-17/h11-14,17,20H,4-10H2,1-3H3,(H,23,29)/t20-/m0/s1. The number of tetrazole rings is 1. The van der Waals surface area contributed by atoms with Gasteiger partial charge in [0.15, 0.2) is 5.82 Å². The van der Waals surface area contributed by atoms with Gasteiger partial charge in [-0.3, -0.25) is 9.69 Å². The lowest BCUT2D eigenvalue weighted by molar-refractivity contribution is 0.230. The molecule has 0 aliphatic heterocycles. The molecule has 0 saturated heterocycles. The molecule has 7 heteroatoms. The third-order valence-corrected chi connectivity index (χ3v) is 6.25. The van der Waals surface area contributed by atoms with Gasteiger partial charge in [-0.15, -0.1) is 5.10 Å². The molecule has 2 heterocycles. The second-order valence-corrected chi connectivity index (χ2v) is 7.87. The van der Waals surface area contributed by atoms with Gasteiger partial charge in [-0.1, -0.05) is 39.7 Å². The number of aromatic nitrogens is 5. The van der Waals surface area contributed by atoms with Crippen molar-refractivity contribution in [2.45, 2.75) is 65.0 Å². The van der Waals surface area contributed by atoms with E-state index in [1.165, 1.54) is 18.4 Å². The van der Waals surface area contributed by atoms with Gasteiger partial charge >= 0.3 is 0 Å². The van der Waals surface area contributed by atoms with Crippen LogP contribution in [0.2, 0.25) is 0 Å². The van der Waals surface area contributed by atoms with Crippen molar-refractivity contribution in [2.75, 3.05) is 13.1 Å². The highest BCUT2D eigenvalue weighted by Crippen LogP contribution is 2.33. The van der Waals surface area contributed by atoms with Gasteiger partial charge in [0, 0.05) is 11.1 Å². The number of pyridine rings is 1. The highest BCUT2D eigenvalue weighted by atomic mass is 16.1. The number of rotatable bonds is 7. The van der Waals surface area contributed by atoms with Gasteiger partial charge < -0.3 is 4.98 Å². The van der Waals surface area contributed by atoms with Crippen molar-refractivity contribution in [2.24, 2.45) is 0 Å². The summed E-state index contributed by atoms with van der Waals surface area (Å²) in [7, 11) is 0. The largest absolute Gasteiger partial charge is 0.322 e. The molecule has 3 aromatic rings. The van der Waals surface area contributed by atoms with Gasteiger partial charge in [-0.25, -0.2) is 4.68 Å². The minimum absolute atomic E-state index is 0.0698. The molecule has 154 valence electrons. The molecule has 1 fully saturated rings. The van der Waals surface area contributed by atoms with Crippen LogP contribution in [0.1, 0.15) is 75.5 Å². The molecule has 1 saturated carbocycles. The van der Waals surface area contributed by atoms with Crippen LogP contribution in [0, 0.1) is 0 Å². The molecule has 0 spiro atoms.